The summed E-state index contributed by atoms with van der Waals surface area (Å²) in [5.41, 5.74) is 2.13. The lowest BCUT2D eigenvalue weighted by Crippen LogP contribution is -2.32. The molecule has 0 radical (unpaired) electrons. The Morgan fingerprint density at radius 2 is 1.85 bits per heavy atom. The molecule has 1 aromatic heterocycles. The maximum atomic E-state index is 13.0. The molecule has 5 nitrogen and oxygen atoms in total. The second kappa shape index (κ2) is 6.93. The lowest BCUT2D eigenvalue weighted by Gasteiger charge is -2.14. The number of thiazole rings is 1. The van der Waals surface area contributed by atoms with E-state index in [1.807, 2.05) is 60.0 Å². The Morgan fingerprint density at radius 3 is 2.50 bits per heavy atom. The molecular weight excluding hydrogens is 346 g/mol. The lowest BCUT2D eigenvalue weighted by atomic mass is 10.2. The maximum Gasteiger partial charge on any atom is 0.284 e. The number of aliphatic imine (C=N–C) groups is 1. The SMILES string of the molecule is COc1ccc(/C=C2/N=C(c3ccccc3)N(c3nccs3)C2=O)cc1. The number of carbonyl (C=O) groups is 1. The Balaban J connectivity index is 1.77. The molecule has 0 atom stereocenters. The first-order valence-electron chi connectivity index (χ1n) is 8.00. The van der Waals surface area contributed by atoms with E-state index >= 15 is 0 Å². The van der Waals surface area contributed by atoms with Gasteiger partial charge in [0.2, 0.25) is 0 Å². The number of rotatable bonds is 4. The molecule has 0 saturated heterocycles. The molecule has 26 heavy (non-hydrogen) atoms. The Hall–Kier alpha value is -3.25. The summed E-state index contributed by atoms with van der Waals surface area (Å²) in [4.78, 5) is 23.5. The number of carbonyl (C=O) groups excluding carboxylic acids is 1. The van der Waals surface area contributed by atoms with Crippen LogP contribution in [0.1, 0.15) is 11.1 Å². The first-order chi connectivity index (χ1) is 12.8. The van der Waals surface area contributed by atoms with Crippen molar-refractivity contribution in [2.45, 2.75) is 0 Å². The number of anilines is 1. The van der Waals surface area contributed by atoms with Crippen molar-refractivity contribution in [1.29, 1.82) is 0 Å². The van der Waals surface area contributed by atoms with Gasteiger partial charge in [-0.05, 0) is 23.8 Å². The second-order valence-corrected chi connectivity index (χ2v) is 6.43. The zero-order valence-electron chi connectivity index (χ0n) is 14.0. The van der Waals surface area contributed by atoms with E-state index in [1.54, 1.807) is 24.3 Å². The summed E-state index contributed by atoms with van der Waals surface area (Å²) in [6.07, 6.45) is 3.46. The summed E-state index contributed by atoms with van der Waals surface area (Å²) >= 11 is 1.41. The molecule has 0 saturated carbocycles. The summed E-state index contributed by atoms with van der Waals surface area (Å²) in [5.74, 6) is 1.17. The van der Waals surface area contributed by atoms with Gasteiger partial charge in [0.15, 0.2) is 5.13 Å². The Kier molecular flexibility index (Phi) is 4.33. The Bertz CT molecular complexity index is 978. The smallest absolute Gasteiger partial charge is 0.284 e. The van der Waals surface area contributed by atoms with Crippen LogP contribution < -0.4 is 9.64 Å². The molecule has 4 rings (SSSR count). The van der Waals surface area contributed by atoms with Gasteiger partial charge in [0.1, 0.15) is 17.3 Å². The third-order valence-corrected chi connectivity index (χ3v) is 4.68. The van der Waals surface area contributed by atoms with Gasteiger partial charge < -0.3 is 4.74 Å². The molecule has 2 heterocycles. The fraction of sp³-hybridized carbons (Fsp3) is 0.0500. The first kappa shape index (κ1) is 16.2. The van der Waals surface area contributed by atoms with Crippen molar-refractivity contribution in [3.63, 3.8) is 0 Å². The van der Waals surface area contributed by atoms with Crippen molar-refractivity contribution in [2.75, 3.05) is 12.0 Å². The van der Waals surface area contributed by atoms with Gasteiger partial charge in [0, 0.05) is 17.1 Å². The number of nitrogens with zero attached hydrogens (tertiary/aromatic N) is 3. The summed E-state index contributed by atoms with van der Waals surface area (Å²) < 4.78 is 5.17. The van der Waals surface area contributed by atoms with Crippen molar-refractivity contribution in [1.82, 2.24) is 4.98 Å². The Labute approximate surface area is 154 Å². The lowest BCUT2D eigenvalue weighted by molar-refractivity contribution is -0.113. The number of hydrogen-bond acceptors (Lipinski definition) is 5. The quantitative estimate of drug-likeness (QED) is 0.660. The van der Waals surface area contributed by atoms with Crippen LogP contribution in [-0.2, 0) is 4.79 Å². The second-order valence-electron chi connectivity index (χ2n) is 5.56. The van der Waals surface area contributed by atoms with Gasteiger partial charge >= 0.3 is 0 Å². The molecule has 1 amide bonds. The highest BCUT2D eigenvalue weighted by molar-refractivity contribution is 7.14. The van der Waals surface area contributed by atoms with E-state index in [0.717, 1.165) is 16.9 Å². The largest absolute Gasteiger partial charge is 0.497 e. The molecule has 1 aliphatic rings. The van der Waals surface area contributed by atoms with Gasteiger partial charge in [-0.15, -0.1) is 11.3 Å². The molecular formula is C20H15N3O2S. The molecule has 1 aliphatic heterocycles. The maximum absolute atomic E-state index is 13.0. The standard InChI is InChI=1S/C20H15N3O2S/c1-25-16-9-7-14(8-10-16)13-17-19(24)23(20-21-11-12-26-20)18(22-17)15-5-3-2-4-6-15/h2-13H,1H3/b17-13+. The average Bonchev–Trinajstić information content (AvgIpc) is 3.32. The number of methoxy groups -OCH3 is 1. The molecule has 6 heteroatoms. The summed E-state index contributed by atoms with van der Waals surface area (Å²) in [7, 11) is 1.62. The molecule has 0 aliphatic carbocycles. The zero-order chi connectivity index (χ0) is 17.9. The van der Waals surface area contributed by atoms with Gasteiger partial charge in [-0.3, -0.25) is 4.79 Å². The molecule has 3 aromatic rings. The van der Waals surface area contributed by atoms with Crippen LogP contribution in [0.2, 0.25) is 0 Å². The molecule has 0 bridgehead atoms. The van der Waals surface area contributed by atoms with Crippen LogP contribution in [-0.4, -0.2) is 23.8 Å². The van der Waals surface area contributed by atoms with Gasteiger partial charge in [-0.1, -0.05) is 42.5 Å². The van der Waals surface area contributed by atoms with Gasteiger partial charge in [-0.2, -0.15) is 0 Å². The molecule has 0 unspecified atom stereocenters. The monoisotopic (exact) mass is 361 g/mol. The van der Waals surface area contributed by atoms with Crippen LogP contribution in [0.15, 0.2) is 76.9 Å². The predicted molar refractivity (Wildman–Crippen MR) is 104 cm³/mol. The van der Waals surface area contributed by atoms with Crippen LogP contribution in [0, 0.1) is 0 Å². The average molecular weight is 361 g/mol. The first-order valence-corrected chi connectivity index (χ1v) is 8.88. The van der Waals surface area contributed by atoms with Crippen molar-refractivity contribution >= 4 is 34.3 Å². The van der Waals surface area contributed by atoms with E-state index in [1.165, 1.54) is 11.3 Å². The highest BCUT2D eigenvalue weighted by Gasteiger charge is 2.33. The minimum Gasteiger partial charge on any atom is -0.497 e. The summed E-state index contributed by atoms with van der Waals surface area (Å²) in [6.45, 7) is 0. The number of ether oxygens (including phenoxy) is 1. The fourth-order valence-electron chi connectivity index (χ4n) is 2.66. The third-order valence-electron chi connectivity index (χ3n) is 3.92. The predicted octanol–water partition coefficient (Wildman–Crippen LogP) is 3.99. The van der Waals surface area contributed by atoms with E-state index in [2.05, 4.69) is 9.98 Å². The van der Waals surface area contributed by atoms with E-state index in [4.69, 9.17) is 4.74 Å². The van der Waals surface area contributed by atoms with Gasteiger partial charge in [0.25, 0.3) is 5.91 Å². The number of amidine groups is 1. The van der Waals surface area contributed by atoms with Crippen molar-refractivity contribution in [3.05, 3.63) is 83.0 Å². The highest BCUT2D eigenvalue weighted by atomic mass is 32.1. The molecule has 128 valence electrons. The molecule has 2 aromatic carbocycles. The molecule has 0 fully saturated rings. The molecule has 0 spiro atoms. The minimum absolute atomic E-state index is 0.186. The van der Waals surface area contributed by atoms with Crippen LogP contribution in [0.25, 0.3) is 6.08 Å². The van der Waals surface area contributed by atoms with Crippen molar-refractivity contribution in [2.24, 2.45) is 4.99 Å². The van der Waals surface area contributed by atoms with E-state index < -0.39 is 0 Å². The summed E-state index contributed by atoms with van der Waals surface area (Å²) in [5, 5.41) is 2.45. The summed E-state index contributed by atoms with van der Waals surface area (Å²) in [6, 6.07) is 17.1. The topological polar surface area (TPSA) is 54.8 Å². The number of benzene rings is 2. The third kappa shape index (κ3) is 3.02. The van der Waals surface area contributed by atoms with Crippen molar-refractivity contribution in [3.8, 4) is 5.75 Å². The zero-order valence-corrected chi connectivity index (χ0v) is 14.8. The van der Waals surface area contributed by atoms with Gasteiger partial charge in [-0.25, -0.2) is 14.9 Å². The van der Waals surface area contributed by atoms with E-state index in [9.17, 15) is 4.79 Å². The van der Waals surface area contributed by atoms with Crippen LogP contribution in [0.3, 0.4) is 0 Å². The molecule has 0 N–H and O–H groups in total. The van der Waals surface area contributed by atoms with Crippen LogP contribution >= 0.6 is 11.3 Å². The van der Waals surface area contributed by atoms with Crippen LogP contribution in [0.4, 0.5) is 5.13 Å². The van der Waals surface area contributed by atoms with E-state index in [-0.39, 0.29) is 5.91 Å². The highest BCUT2D eigenvalue weighted by Crippen LogP contribution is 2.29. The minimum atomic E-state index is -0.186. The number of hydrogen-bond donors (Lipinski definition) is 0. The normalized spacial score (nSPS) is 15.4. The van der Waals surface area contributed by atoms with E-state index in [0.29, 0.717) is 16.7 Å². The van der Waals surface area contributed by atoms with Gasteiger partial charge in [0.05, 0.1) is 7.11 Å². The van der Waals surface area contributed by atoms with Crippen molar-refractivity contribution < 1.29 is 9.53 Å². The fourth-order valence-corrected chi connectivity index (χ4v) is 3.30. The Morgan fingerprint density at radius 1 is 1.08 bits per heavy atom. The number of amides is 1. The number of aromatic nitrogens is 1. The van der Waals surface area contributed by atoms with Crippen LogP contribution in [0.5, 0.6) is 5.75 Å².